The molecule has 0 saturated carbocycles. The molecule has 1 aliphatic heterocycles. The molecule has 1 atom stereocenters. The van der Waals surface area contributed by atoms with E-state index < -0.39 is 0 Å². The highest BCUT2D eigenvalue weighted by atomic mass is 16.5. The van der Waals surface area contributed by atoms with Gasteiger partial charge >= 0.3 is 5.97 Å². The van der Waals surface area contributed by atoms with E-state index in [-0.39, 0.29) is 5.97 Å². The number of carbonyl (C=O) groups excluding carboxylic acids is 1. The van der Waals surface area contributed by atoms with Gasteiger partial charge in [-0.25, -0.2) is 0 Å². The van der Waals surface area contributed by atoms with E-state index in [0.717, 1.165) is 23.1 Å². The molecule has 0 aliphatic carbocycles. The number of benzene rings is 2. The Morgan fingerprint density at radius 3 is 2.94 bits per heavy atom. The van der Waals surface area contributed by atoms with Crippen LogP contribution in [0.5, 0.6) is 5.75 Å². The van der Waals surface area contributed by atoms with Crippen molar-refractivity contribution in [2.75, 3.05) is 0 Å². The first-order chi connectivity index (χ1) is 8.69. The standard InChI is InChI=1S/C16H16O2/c1-3-10(2)13-6-4-5-11-8-15-12(7-14(11)13)9-16(17)18-15/h4-8,10H,3,9H2,1-2H3. The van der Waals surface area contributed by atoms with Crippen molar-refractivity contribution >= 4 is 16.7 Å². The number of ether oxygens (including phenoxy) is 1. The first-order valence-corrected chi connectivity index (χ1v) is 6.45. The second-order valence-corrected chi connectivity index (χ2v) is 4.99. The van der Waals surface area contributed by atoms with Crippen molar-refractivity contribution in [3.8, 4) is 5.75 Å². The van der Waals surface area contributed by atoms with E-state index >= 15 is 0 Å². The van der Waals surface area contributed by atoms with Gasteiger partial charge < -0.3 is 4.74 Å². The summed E-state index contributed by atoms with van der Waals surface area (Å²) < 4.78 is 5.20. The molecule has 1 aliphatic rings. The highest BCUT2D eigenvalue weighted by Gasteiger charge is 2.21. The van der Waals surface area contributed by atoms with Gasteiger partial charge in [0.1, 0.15) is 5.75 Å². The molecule has 0 bridgehead atoms. The molecule has 2 nitrogen and oxygen atoms in total. The van der Waals surface area contributed by atoms with Crippen LogP contribution < -0.4 is 4.74 Å². The highest BCUT2D eigenvalue weighted by molar-refractivity contribution is 5.92. The van der Waals surface area contributed by atoms with Gasteiger partial charge in [0.25, 0.3) is 0 Å². The summed E-state index contributed by atoms with van der Waals surface area (Å²) in [6, 6.07) is 10.4. The molecule has 0 amide bonds. The SMILES string of the molecule is CCC(C)c1cccc2cc3c(cc12)CC(=O)O3. The fourth-order valence-electron chi connectivity index (χ4n) is 2.57. The van der Waals surface area contributed by atoms with Crippen LogP contribution in [0.25, 0.3) is 10.8 Å². The van der Waals surface area contributed by atoms with Crippen LogP contribution in [-0.2, 0) is 11.2 Å². The molecule has 2 heteroatoms. The lowest BCUT2D eigenvalue weighted by Crippen LogP contribution is -2.00. The molecule has 0 fully saturated rings. The van der Waals surface area contributed by atoms with Gasteiger partial charge in [-0.1, -0.05) is 32.0 Å². The zero-order chi connectivity index (χ0) is 12.7. The smallest absolute Gasteiger partial charge is 0.315 e. The zero-order valence-electron chi connectivity index (χ0n) is 10.7. The maximum absolute atomic E-state index is 11.3. The molecular weight excluding hydrogens is 224 g/mol. The Hall–Kier alpha value is -1.83. The van der Waals surface area contributed by atoms with E-state index in [4.69, 9.17) is 4.74 Å². The minimum Gasteiger partial charge on any atom is -0.426 e. The minimum atomic E-state index is -0.148. The van der Waals surface area contributed by atoms with Crippen molar-refractivity contribution in [2.45, 2.75) is 32.6 Å². The van der Waals surface area contributed by atoms with Crippen LogP contribution in [0.4, 0.5) is 0 Å². The third-order valence-corrected chi connectivity index (χ3v) is 3.80. The summed E-state index contributed by atoms with van der Waals surface area (Å²) in [5.41, 5.74) is 2.38. The minimum absolute atomic E-state index is 0.148. The number of carbonyl (C=O) groups is 1. The van der Waals surface area contributed by atoms with E-state index in [1.54, 1.807) is 0 Å². The summed E-state index contributed by atoms with van der Waals surface area (Å²) in [6.45, 7) is 4.44. The summed E-state index contributed by atoms with van der Waals surface area (Å²) in [5.74, 6) is 1.11. The summed E-state index contributed by atoms with van der Waals surface area (Å²) in [7, 11) is 0. The monoisotopic (exact) mass is 240 g/mol. The first-order valence-electron chi connectivity index (χ1n) is 6.45. The fraction of sp³-hybridized carbons (Fsp3) is 0.312. The Labute approximate surface area is 107 Å². The number of fused-ring (bicyclic) bond motifs is 2. The van der Waals surface area contributed by atoms with Gasteiger partial charge in [-0.3, -0.25) is 4.79 Å². The number of rotatable bonds is 2. The van der Waals surface area contributed by atoms with E-state index in [2.05, 4.69) is 38.1 Å². The molecule has 2 aromatic rings. The maximum atomic E-state index is 11.3. The lowest BCUT2D eigenvalue weighted by Gasteiger charge is -2.13. The topological polar surface area (TPSA) is 26.3 Å². The van der Waals surface area contributed by atoms with Crippen LogP contribution in [0, 0.1) is 0 Å². The molecule has 0 N–H and O–H groups in total. The van der Waals surface area contributed by atoms with Gasteiger partial charge in [-0.05, 0) is 40.8 Å². The molecule has 1 unspecified atom stereocenters. The van der Waals surface area contributed by atoms with E-state index in [9.17, 15) is 4.79 Å². The summed E-state index contributed by atoms with van der Waals surface area (Å²) in [6.07, 6.45) is 1.52. The van der Waals surface area contributed by atoms with Crippen molar-refractivity contribution in [2.24, 2.45) is 0 Å². The van der Waals surface area contributed by atoms with Crippen LogP contribution in [0.3, 0.4) is 0 Å². The molecule has 0 saturated heterocycles. The maximum Gasteiger partial charge on any atom is 0.315 e. The molecule has 0 radical (unpaired) electrons. The van der Waals surface area contributed by atoms with Gasteiger partial charge in [-0.15, -0.1) is 0 Å². The first kappa shape index (κ1) is 11.3. The van der Waals surface area contributed by atoms with E-state index in [1.165, 1.54) is 10.9 Å². The van der Waals surface area contributed by atoms with Gasteiger partial charge in [0, 0.05) is 5.56 Å². The summed E-state index contributed by atoms with van der Waals surface area (Å²) >= 11 is 0. The second-order valence-electron chi connectivity index (χ2n) is 4.99. The number of esters is 1. The largest absolute Gasteiger partial charge is 0.426 e. The third kappa shape index (κ3) is 1.69. The van der Waals surface area contributed by atoms with E-state index in [1.807, 2.05) is 6.07 Å². The van der Waals surface area contributed by atoms with Crippen LogP contribution in [-0.4, -0.2) is 5.97 Å². The van der Waals surface area contributed by atoms with Gasteiger partial charge in [0.15, 0.2) is 0 Å². The van der Waals surface area contributed by atoms with Gasteiger partial charge in [0.05, 0.1) is 6.42 Å². The summed E-state index contributed by atoms with van der Waals surface area (Å²) in [4.78, 5) is 11.3. The van der Waals surface area contributed by atoms with Crippen LogP contribution in [0.1, 0.15) is 37.3 Å². The predicted octanol–water partition coefficient (Wildman–Crippen LogP) is 3.81. The summed E-state index contributed by atoms with van der Waals surface area (Å²) in [5, 5.41) is 2.41. The zero-order valence-corrected chi connectivity index (χ0v) is 10.7. The number of hydrogen-bond acceptors (Lipinski definition) is 2. The molecule has 18 heavy (non-hydrogen) atoms. The Morgan fingerprint density at radius 1 is 1.33 bits per heavy atom. The molecule has 2 aromatic carbocycles. The quantitative estimate of drug-likeness (QED) is 0.589. The lowest BCUT2D eigenvalue weighted by atomic mass is 9.92. The van der Waals surface area contributed by atoms with Crippen molar-refractivity contribution < 1.29 is 9.53 Å². The third-order valence-electron chi connectivity index (χ3n) is 3.80. The average molecular weight is 240 g/mol. The predicted molar refractivity (Wildman–Crippen MR) is 72.0 cm³/mol. The Morgan fingerprint density at radius 2 is 2.17 bits per heavy atom. The van der Waals surface area contributed by atoms with Crippen LogP contribution in [0.15, 0.2) is 30.3 Å². The number of hydrogen-bond donors (Lipinski definition) is 0. The normalized spacial score (nSPS) is 15.6. The molecule has 3 rings (SSSR count). The Kier molecular flexibility index (Phi) is 2.58. The van der Waals surface area contributed by atoms with Crippen molar-refractivity contribution in [1.29, 1.82) is 0 Å². The fourth-order valence-corrected chi connectivity index (χ4v) is 2.57. The molecule has 1 heterocycles. The Balaban J connectivity index is 2.23. The van der Waals surface area contributed by atoms with Crippen LogP contribution >= 0.6 is 0 Å². The van der Waals surface area contributed by atoms with Crippen molar-refractivity contribution in [3.63, 3.8) is 0 Å². The molecular formula is C16H16O2. The van der Waals surface area contributed by atoms with Crippen molar-refractivity contribution in [1.82, 2.24) is 0 Å². The van der Waals surface area contributed by atoms with Crippen molar-refractivity contribution in [3.05, 3.63) is 41.5 Å². The lowest BCUT2D eigenvalue weighted by molar-refractivity contribution is -0.131. The van der Waals surface area contributed by atoms with Gasteiger partial charge in [0.2, 0.25) is 0 Å². The van der Waals surface area contributed by atoms with Crippen LogP contribution in [0.2, 0.25) is 0 Å². The molecule has 92 valence electrons. The molecule has 0 spiro atoms. The van der Waals surface area contributed by atoms with Gasteiger partial charge in [-0.2, -0.15) is 0 Å². The highest BCUT2D eigenvalue weighted by Crippen LogP contribution is 2.35. The Bertz CT molecular complexity index is 628. The molecule has 0 aromatic heterocycles. The second kappa shape index (κ2) is 4.13. The average Bonchev–Trinajstić information content (AvgIpc) is 2.73. The van der Waals surface area contributed by atoms with E-state index in [0.29, 0.717) is 12.3 Å².